The van der Waals surface area contributed by atoms with E-state index in [4.69, 9.17) is 0 Å². The molecule has 0 aliphatic heterocycles. The maximum atomic E-state index is 12.2. The maximum Gasteiger partial charge on any atom is 0.301 e. The third-order valence-corrected chi connectivity index (χ3v) is 5.20. The first-order chi connectivity index (χ1) is 9.47. The second kappa shape index (κ2) is 8.81. The molecule has 0 fully saturated rings. The summed E-state index contributed by atoms with van der Waals surface area (Å²) in [6.45, 7) is 4.40. The fourth-order valence-corrected chi connectivity index (χ4v) is 3.30. The lowest BCUT2D eigenvalue weighted by molar-refractivity contribution is 0.458. The molecule has 0 amide bonds. The maximum absolute atomic E-state index is 12.2. The highest BCUT2D eigenvalue weighted by Gasteiger charge is 2.17. The van der Waals surface area contributed by atoms with Crippen LogP contribution in [0.2, 0.25) is 0 Å². The van der Waals surface area contributed by atoms with Gasteiger partial charge in [0.2, 0.25) is 0 Å². The number of nitrogens with one attached hydrogen (secondary N) is 2. The minimum Gasteiger partial charge on any atom is -0.317 e. The molecule has 5 nitrogen and oxygen atoms in total. The highest BCUT2D eigenvalue weighted by atomic mass is 127. The molecule has 1 rings (SSSR count). The Morgan fingerprint density at radius 2 is 1.95 bits per heavy atom. The molecular formula is C13H22IN3O2S. The van der Waals surface area contributed by atoms with Crippen LogP contribution in [0.5, 0.6) is 0 Å². The molecule has 0 aliphatic rings. The van der Waals surface area contributed by atoms with Gasteiger partial charge in [0.05, 0.1) is 5.69 Å². The Balaban J connectivity index is 2.49. The number of para-hydroxylation sites is 1. The number of hydrogen-bond donors (Lipinski definition) is 2. The van der Waals surface area contributed by atoms with Gasteiger partial charge in [0.25, 0.3) is 0 Å². The first-order valence-electron chi connectivity index (χ1n) is 6.66. The van der Waals surface area contributed by atoms with Crippen LogP contribution in [0.4, 0.5) is 5.69 Å². The van der Waals surface area contributed by atoms with Gasteiger partial charge in [-0.15, -0.1) is 0 Å². The van der Waals surface area contributed by atoms with Crippen molar-refractivity contribution in [3.05, 3.63) is 27.8 Å². The first-order valence-corrected chi connectivity index (χ1v) is 9.18. The Morgan fingerprint density at radius 1 is 1.25 bits per heavy atom. The third-order valence-electron chi connectivity index (χ3n) is 2.78. The molecule has 0 unspecified atom stereocenters. The second-order valence-electron chi connectivity index (χ2n) is 4.51. The molecule has 2 N–H and O–H groups in total. The van der Waals surface area contributed by atoms with Crippen molar-refractivity contribution in [1.82, 2.24) is 9.62 Å². The van der Waals surface area contributed by atoms with Gasteiger partial charge in [0, 0.05) is 17.2 Å². The Morgan fingerprint density at radius 3 is 2.60 bits per heavy atom. The van der Waals surface area contributed by atoms with E-state index in [0.717, 1.165) is 29.5 Å². The summed E-state index contributed by atoms with van der Waals surface area (Å²) in [5.74, 6) is 0. The van der Waals surface area contributed by atoms with Gasteiger partial charge in [0.1, 0.15) is 0 Å². The lowest BCUT2D eigenvalue weighted by atomic mass is 10.3. The minimum atomic E-state index is -3.48. The Labute approximate surface area is 135 Å². The zero-order chi connectivity index (χ0) is 15.0. The highest BCUT2D eigenvalue weighted by molar-refractivity contribution is 14.1. The zero-order valence-corrected chi connectivity index (χ0v) is 14.9. The van der Waals surface area contributed by atoms with Gasteiger partial charge in [-0.25, -0.2) is 0 Å². The van der Waals surface area contributed by atoms with E-state index >= 15 is 0 Å². The molecule has 0 atom stereocenters. The number of rotatable bonds is 9. The monoisotopic (exact) mass is 411 g/mol. The van der Waals surface area contributed by atoms with E-state index in [9.17, 15) is 8.42 Å². The van der Waals surface area contributed by atoms with Crippen molar-refractivity contribution in [2.75, 3.05) is 31.4 Å². The van der Waals surface area contributed by atoms with Crippen LogP contribution in [0.3, 0.4) is 0 Å². The summed E-state index contributed by atoms with van der Waals surface area (Å²) in [6.07, 6.45) is 1.88. The van der Waals surface area contributed by atoms with Gasteiger partial charge >= 0.3 is 10.2 Å². The predicted molar refractivity (Wildman–Crippen MR) is 92.1 cm³/mol. The smallest absolute Gasteiger partial charge is 0.301 e. The standard InChI is InChI=1S/C13H22IN3O2S/c1-3-9-15-10-6-11-17(2)20(18,19)16-13-8-5-4-7-12(13)14/h4-5,7-8,15-16H,3,6,9-11H2,1-2H3. The van der Waals surface area contributed by atoms with E-state index in [1.165, 1.54) is 4.31 Å². The van der Waals surface area contributed by atoms with Crippen LogP contribution in [0.25, 0.3) is 0 Å². The number of benzene rings is 1. The summed E-state index contributed by atoms with van der Waals surface area (Å²) in [5, 5.41) is 3.26. The van der Waals surface area contributed by atoms with Crippen molar-refractivity contribution in [3.63, 3.8) is 0 Å². The first kappa shape index (κ1) is 17.7. The molecule has 0 saturated carbocycles. The molecule has 0 saturated heterocycles. The van der Waals surface area contributed by atoms with Crippen LogP contribution < -0.4 is 10.0 Å². The summed E-state index contributed by atoms with van der Waals surface area (Å²) >= 11 is 2.11. The average Bonchev–Trinajstić information content (AvgIpc) is 2.40. The number of halogens is 1. The fourth-order valence-electron chi connectivity index (χ4n) is 1.61. The number of hydrogen-bond acceptors (Lipinski definition) is 3. The molecule has 0 radical (unpaired) electrons. The lowest BCUT2D eigenvalue weighted by Crippen LogP contribution is -2.34. The van der Waals surface area contributed by atoms with Crippen LogP contribution in [-0.2, 0) is 10.2 Å². The van der Waals surface area contributed by atoms with Crippen molar-refractivity contribution in [1.29, 1.82) is 0 Å². The third kappa shape index (κ3) is 5.94. The van der Waals surface area contributed by atoms with Gasteiger partial charge < -0.3 is 5.32 Å². The van der Waals surface area contributed by atoms with E-state index in [1.54, 1.807) is 13.1 Å². The van der Waals surface area contributed by atoms with Gasteiger partial charge in [-0.05, 0) is 60.7 Å². The molecule has 7 heteroatoms. The second-order valence-corrected chi connectivity index (χ2v) is 7.45. The molecule has 0 spiro atoms. The summed E-state index contributed by atoms with van der Waals surface area (Å²) in [4.78, 5) is 0. The Hall–Kier alpha value is -0.380. The molecule has 0 aliphatic carbocycles. The van der Waals surface area contributed by atoms with Crippen LogP contribution in [0.15, 0.2) is 24.3 Å². The van der Waals surface area contributed by atoms with Crippen LogP contribution >= 0.6 is 22.6 Å². The van der Waals surface area contributed by atoms with Crippen molar-refractivity contribution in [3.8, 4) is 0 Å². The summed E-state index contributed by atoms with van der Waals surface area (Å²) in [6, 6.07) is 7.32. The van der Waals surface area contributed by atoms with Crippen LogP contribution in [-0.4, -0.2) is 39.4 Å². The van der Waals surface area contributed by atoms with Crippen molar-refractivity contribution < 1.29 is 8.42 Å². The van der Waals surface area contributed by atoms with Gasteiger partial charge in [-0.3, -0.25) is 4.72 Å². The van der Waals surface area contributed by atoms with E-state index < -0.39 is 10.2 Å². The molecule has 0 bridgehead atoms. The van der Waals surface area contributed by atoms with Crippen LogP contribution in [0, 0.1) is 3.57 Å². The normalized spacial score (nSPS) is 11.8. The van der Waals surface area contributed by atoms with Gasteiger partial charge in [-0.2, -0.15) is 12.7 Å². The van der Waals surface area contributed by atoms with E-state index in [1.807, 2.05) is 18.2 Å². The molecule has 0 aromatic heterocycles. The lowest BCUT2D eigenvalue weighted by Gasteiger charge is -2.19. The van der Waals surface area contributed by atoms with Gasteiger partial charge in [-0.1, -0.05) is 19.1 Å². The molecule has 20 heavy (non-hydrogen) atoms. The Bertz CT molecular complexity index is 508. The molecule has 0 heterocycles. The zero-order valence-electron chi connectivity index (χ0n) is 11.9. The largest absolute Gasteiger partial charge is 0.317 e. The van der Waals surface area contributed by atoms with Gasteiger partial charge in [0.15, 0.2) is 0 Å². The minimum absolute atomic E-state index is 0.495. The summed E-state index contributed by atoms with van der Waals surface area (Å²) in [7, 11) is -1.88. The van der Waals surface area contributed by atoms with Crippen molar-refractivity contribution in [2.24, 2.45) is 0 Å². The summed E-state index contributed by atoms with van der Waals surface area (Å²) in [5.41, 5.74) is 0.615. The topological polar surface area (TPSA) is 61.4 Å². The van der Waals surface area contributed by atoms with E-state index in [-0.39, 0.29) is 0 Å². The number of anilines is 1. The molecular weight excluding hydrogens is 389 g/mol. The van der Waals surface area contributed by atoms with Crippen LogP contribution in [0.1, 0.15) is 19.8 Å². The molecule has 114 valence electrons. The summed E-state index contributed by atoms with van der Waals surface area (Å²) < 4.78 is 29.2. The van der Waals surface area contributed by atoms with E-state index in [2.05, 4.69) is 39.6 Å². The molecule has 1 aromatic rings. The van der Waals surface area contributed by atoms with Crippen molar-refractivity contribution in [2.45, 2.75) is 19.8 Å². The fraction of sp³-hybridized carbons (Fsp3) is 0.538. The predicted octanol–water partition coefficient (Wildman–Crippen LogP) is 2.27. The van der Waals surface area contributed by atoms with Crippen molar-refractivity contribution >= 4 is 38.5 Å². The Kier molecular flexibility index (Phi) is 7.78. The quantitative estimate of drug-likeness (QED) is 0.484. The highest BCUT2D eigenvalue weighted by Crippen LogP contribution is 2.19. The SMILES string of the molecule is CCCNCCCN(C)S(=O)(=O)Nc1ccccc1I. The average molecular weight is 411 g/mol. The van der Waals surface area contributed by atoms with E-state index in [0.29, 0.717) is 12.2 Å². The number of nitrogens with zero attached hydrogens (tertiary/aromatic N) is 1. The molecule has 1 aromatic carbocycles.